The number of nitrogens with two attached hydrogens (primary N) is 2. The van der Waals surface area contributed by atoms with Crippen molar-refractivity contribution in [3.63, 3.8) is 0 Å². The fraction of sp³-hybridized carbons (Fsp3) is 0.538. The summed E-state index contributed by atoms with van der Waals surface area (Å²) in [7, 11) is 0. The minimum Gasteiger partial charge on any atom is -0.397 e. The average molecular weight is 272 g/mol. The molecule has 1 aliphatic rings. The Morgan fingerprint density at radius 1 is 1.33 bits per heavy atom. The molecule has 18 heavy (non-hydrogen) atoms. The van der Waals surface area contributed by atoms with Crippen LogP contribution in [0.1, 0.15) is 32.6 Å². The predicted molar refractivity (Wildman–Crippen MR) is 75.3 cm³/mol. The lowest BCUT2D eigenvalue weighted by atomic mass is 9.89. The smallest absolute Gasteiger partial charge is 0.169 e. The van der Waals surface area contributed by atoms with E-state index in [-0.39, 0.29) is 21.8 Å². The van der Waals surface area contributed by atoms with Gasteiger partial charge in [0.25, 0.3) is 0 Å². The number of rotatable bonds is 3. The predicted octanol–water partition coefficient (Wildman–Crippen LogP) is 3.64. The lowest BCUT2D eigenvalue weighted by molar-refractivity contribution is 0.361. The first-order valence-electron chi connectivity index (χ1n) is 6.20. The van der Waals surface area contributed by atoms with Crippen LogP contribution < -0.4 is 16.8 Å². The zero-order chi connectivity index (χ0) is 13.3. The number of nitrogens with one attached hydrogen (secondary N) is 1. The third kappa shape index (κ3) is 2.48. The van der Waals surface area contributed by atoms with Gasteiger partial charge in [-0.2, -0.15) is 0 Å². The quantitative estimate of drug-likeness (QED) is 0.736. The van der Waals surface area contributed by atoms with Crippen molar-refractivity contribution < 1.29 is 4.39 Å². The fourth-order valence-corrected chi connectivity index (χ4v) is 2.70. The summed E-state index contributed by atoms with van der Waals surface area (Å²) in [6, 6.07) is 1.49. The number of hydrogen-bond acceptors (Lipinski definition) is 3. The monoisotopic (exact) mass is 271 g/mol. The van der Waals surface area contributed by atoms with Crippen molar-refractivity contribution >= 4 is 28.7 Å². The Kier molecular flexibility index (Phi) is 3.57. The Labute approximate surface area is 112 Å². The van der Waals surface area contributed by atoms with Gasteiger partial charge in [0.1, 0.15) is 5.02 Å². The summed E-state index contributed by atoms with van der Waals surface area (Å²) in [5.41, 5.74) is 12.3. The van der Waals surface area contributed by atoms with Crippen LogP contribution in [-0.2, 0) is 0 Å². The van der Waals surface area contributed by atoms with E-state index >= 15 is 0 Å². The van der Waals surface area contributed by atoms with E-state index in [1.165, 1.54) is 18.9 Å². The third-order valence-electron chi connectivity index (χ3n) is 3.77. The second-order valence-electron chi connectivity index (χ2n) is 5.43. The van der Waals surface area contributed by atoms with Gasteiger partial charge in [0.2, 0.25) is 0 Å². The number of benzene rings is 1. The van der Waals surface area contributed by atoms with Gasteiger partial charge in [-0.25, -0.2) is 4.39 Å². The standard InChI is InChI=1S/C13H19ClFN3/c1-13(4-2-3-5-13)7-18-12-9(17)6-8(16)10(14)11(12)15/h6,18H,2-5,7,16-17H2,1H3. The van der Waals surface area contributed by atoms with Crippen molar-refractivity contribution in [1.29, 1.82) is 0 Å². The maximum absolute atomic E-state index is 14.0. The average Bonchev–Trinajstić information content (AvgIpc) is 2.73. The first-order chi connectivity index (χ1) is 8.43. The van der Waals surface area contributed by atoms with Crippen LogP contribution in [0, 0.1) is 11.2 Å². The summed E-state index contributed by atoms with van der Waals surface area (Å²) in [6.07, 6.45) is 4.78. The highest BCUT2D eigenvalue weighted by atomic mass is 35.5. The zero-order valence-corrected chi connectivity index (χ0v) is 11.3. The largest absolute Gasteiger partial charge is 0.397 e. The third-order valence-corrected chi connectivity index (χ3v) is 4.15. The summed E-state index contributed by atoms with van der Waals surface area (Å²) >= 11 is 5.79. The summed E-state index contributed by atoms with van der Waals surface area (Å²) < 4.78 is 14.0. The van der Waals surface area contributed by atoms with E-state index in [1.807, 2.05) is 0 Å². The van der Waals surface area contributed by atoms with Gasteiger partial charge in [-0.3, -0.25) is 0 Å². The summed E-state index contributed by atoms with van der Waals surface area (Å²) in [5.74, 6) is -0.559. The molecule has 1 aliphatic carbocycles. The van der Waals surface area contributed by atoms with Crippen molar-refractivity contribution in [2.75, 3.05) is 23.3 Å². The number of anilines is 3. The molecule has 0 aliphatic heterocycles. The first kappa shape index (κ1) is 13.3. The van der Waals surface area contributed by atoms with Crippen LogP contribution in [0.25, 0.3) is 0 Å². The van der Waals surface area contributed by atoms with Crippen LogP contribution in [-0.4, -0.2) is 6.54 Å². The summed E-state index contributed by atoms with van der Waals surface area (Å²) in [5, 5.41) is 3.03. The molecule has 0 saturated heterocycles. The molecule has 0 unspecified atom stereocenters. The fourth-order valence-electron chi connectivity index (χ4n) is 2.55. The molecule has 1 fully saturated rings. The molecule has 0 spiro atoms. The van der Waals surface area contributed by atoms with Gasteiger partial charge in [0.05, 0.1) is 17.1 Å². The van der Waals surface area contributed by atoms with Gasteiger partial charge in [-0.15, -0.1) is 0 Å². The molecule has 5 N–H and O–H groups in total. The maximum atomic E-state index is 14.0. The summed E-state index contributed by atoms with van der Waals surface area (Å²) in [6.45, 7) is 2.91. The molecule has 0 atom stereocenters. The molecular weight excluding hydrogens is 253 g/mol. The van der Waals surface area contributed by atoms with Gasteiger partial charge in [-0.1, -0.05) is 31.4 Å². The second kappa shape index (κ2) is 4.84. The molecule has 0 aromatic heterocycles. The SMILES string of the molecule is CC1(CNc2c(N)cc(N)c(Cl)c2F)CCCC1. The van der Waals surface area contributed by atoms with Gasteiger partial charge >= 0.3 is 0 Å². The van der Waals surface area contributed by atoms with Crippen molar-refractivity contribution in [2.45, 2.75) is 32.6 Å². The van der Waals surface area contributed by atoms with Crippen LogP contribution in [0.15, 0.2) is 6.07 Å². The lowest BCUT2D eigenvalue weighted by Crippen LogP contribution is -2.24. The van der Waals surface area contributed by atoms with Crippen molar-refractivity contribution in [2.24, 2.45) is 5.41 Å². The molecule has 0 radical (unpaired) electrons. The number of hydrogen-bond donors (Lipinski definition) is 3. The van der Waals surface area contributed by atoms with Gasteiger partial charge in [0, 0.05) is 6.54 Å². The molecule has 3 nitrogen and oxygen atoms in total. The van der Waals surface area contributed by atoms with E-state index in [1.54, 1.807) is 0 Å². The van der Waals surface area contributed by atoms with Gasteiger partial charge in [-0.05, 0) is 24.3 Å². The normalized spacial score (nSPS) is 17.9. The number of halogens is 2. The van der Waals surface area contributed by atoms with Crippen LogP contribution in [0.3, 0.4) is 0 Å². The zero-order valence-electron chi connectivity index (χ0n) is 10.5. The van der Waals surface area contributed by atoms with E-state index < -0.39 is 5.82 Å². The highest BCUT2D eigenvalue weighted by Crippen LogP contribution is 2.39. The molecule has 5 heteroatoms. The highest BCUT2D eigenvalue weighted by molar-refractivity contribution is 6.33. The van der Waals surface area contributed by atoms with Crippen LogP contribution in [0.5, 0.6) is 0 Å². The molecule has 2 rings (SSSR count). The van der Waals surface area contributed by atoms with Crippen molar-refractivity contribution in [1.82, 2.24) is 0 Å². The minimum atomic E-state index is -0.559. The van der Waals surface area contributed by atoms with Gasteiger partial charge in [0.15, 0.2) is 5.82 Å². The molecular formula is C13H19ClFN3. The van der Waals surface area contributed by atoms with E-state index in [4.69, 9.17) is 23.1 Å². The molecule has 1 aromatic rings. The maximum Gasteiger partial charge on any atom is 0.169 e. The van der Waals surface area contributed by atoms with Crippen molar-refractivity contribution in [3.05, 3.63) is 16.9 Å². The topological polar surface area (TPSA) is 64.1 Å². The minimum absolute atomic E-state index is 0.0664. The molecule has 100 valence electrons. The Bertz CT molecular complexity index is 456. The van der Waals surface area contributed by atoms with Gasteiger partial charge < -0.3 is 16.8 Å². The van der Waals surface area contributed by atoms with Crippen molar-refractivity contribution in [3.8, 4) is 0 Å². The second-order valence-corrected chi connectivity index (χ2v) is 5.81. The Morgan fingerprint density at radius 2 is 1.94 bits per heavy atom. The Hall–Kier alpha value is -1.16. The van der Waals surface area contributed by atoms with E-state index in [2.05, 4.69) is 12.2 Å². The van der Waals surface area contributed by atoms with E-state index in [0.29, 0.717) is 12.2 Å². The molecule has 1 aromatic carbocycles. The van der Waals surface area contributed by atoms with E-state index in [9.17, 15) is 4.39 Å². The highest BCUT2D eigenvalue weighted by Gasteiger charge is 2.29. The molecule has 0 amide bonds. The summed E-state index contributed by atoms with van der Waals surface area (Å²) in [4.78, 5) is 0. The Balaban J connectivity index is 2.17. The lowest BCUT2D eigenvalue weighted by Gasteiger charge is -2.25. The van der Waals surface area contributed by atoms with E-state index in [0.717, 1.165) is 12.8 Å². The van der Waals surface area contributed by atoms with Crippen LogP contribution in [0.2, 0.25) is 5.02 Å². The van der Waals surface area contributed by atoms with Crippen LogP contribution in [0.4, 0.5) is 21.5 Å². The van der Waals surface area contributed by atoms with Crippen LogP contribution >= 0.6 is 11.6 Å². The molecule has 1 saturated carbocycles. The number of nitrogen functional groups attached to an aromatic ring is 2. The molecule has 0 heterocycles. The Morgan fingerprint density at radius 3 is 2.56 bits per heavy atom. The molecule has 0 bridgehead atoms. The first-order valence-corrected chi connectivity index (χ1v) is 6.57.